The Morgan fingerprint density at radius 2 is 1.43 bits per heavy atom. The summed E-state index contributed by atoms with van der Waals surface area (Å²) >= 11 is 13.1. The van der Waals surface area contributed by atoms with Crippen LogP contribution in [0.3, 0.4) is 0 Å². The molecule has 35 heavy (non-hydrogen) atoms. The smallest absolute Gasteiger partial charge is 0.251 e. The third kappa shape index (κ3) is 5.09. The Morgan fingerprint density at radius 1 is 0.800 bits per heavy atom. The Hall–Kier alpha value is -3.60. The number of halogens is 2. The number of nitrogens with one attached hydrogen (secondary N) is 1. The lowest BCUT2D eigenvalue weighted by molar-refractivity contribution is 0.0934. The highest BCUT2D eigenvalue weighted by atomic mass is 35.5. The van der Waals surface area contributed by atoms with Crippen molar-refractivity contribution in [1.82, 2.24) is 14.9 Å². The van der Waals surface area contributed by atoms with Crippen molar-refractivity contribution in [3.05, 3.63) is 136 Å². The standard InChI is InChI=1S/C29H23Cl2N3O/c30-23-14-9-15-24(31)22(23)19-34-27-17-8-7-16-25(27)32-28(34)26(18-20-10-3-1-4-11-20)33-29(35)21-12-5-2-6-13-21/h1-17,26H,18-19H2,(H,33,35). The van der Waals surface area contributed by atoms with Gasteiger partial charge in [-0.1, -0.05) is 89.9 Å². The minimum atomic E-state index is -0.376. The SMILES string of the molecule is O=C(NC(Cc1ccccc1)c1nc2ccccc2n1Cc1c(Cl)cccc1Cl)c1ccccc1. The van der Waals surface area contributed by atoms with Gasteiger partial charge in [0.2, 0.25) is 0 Å². The van der Waals surface area contributed by atoms with Gasteiger partial charge in [0.1, 0.15) is 5.82 Å². The molecule has 0 bridgehead atoms. The molecule has 1 unspecified atom stereocenters. The van der Waals surface area contributed by atoms with E-state index in [2.05, 4.69) is 22.0 Å². The van der Waals surface area contributed by atoms with Crippen LogP contribution >= 0.6 is 23.2 Å². The molecule has 0 fully saturated rings. The monoisotopic (exact) mass is 499 g/mol. The van der Waals surface area contributed by atoms with Crippen molar-refractivity contribution in [2.45, 2.75) is 19.0 Å². The molecule has 5 aromatic rings. The van der Waals surface area contributed by atoms with Gasteiger partial charge in [-0.25, -0.2) is 4.98 Å². The lowest BCUT2D eigenvalue weighted by Crippen LogP contribution is -2.32. The normalized spacial score (nSPS) is 11.9. The van der Waals surface area contributed by atoms with E-state index in [1.807, 2.05) is 78.9 Å². The van der Waals surface area contributed by atoms with Crippen molar-refractivity contribution in [3.63, 3.8) is 0 Å². The number of hydrogen-bond donors (Lipinski definition) is 1. The number of fused-ring (bicyclic) bond motifs is 1. The summed E-state index contributed by atoms with van der Waals surface area (Å²) in [7, 11) is 0. The highest BCUT2D eigenvalue weighted by molar-refractivity contribution is 6.36. The number of hydrogen-bond acceptors (Lipinski definition) is 2. The van der Waals surface area contributed by atoms with E-state index in [1.165, 1.54) is 0 Å². The van der Waals surface area contributed by atoms with Crippen molar-refractivity contribution in [2.75, 3.05) is 0 Å². The Morgan fingerprint density at radius 3 is 2.14 bits per heavy atom. The zero-order valence-corrected chi connectivity index (χ0v) is 20.4. The number of imidazole rings is 1. The van der Waals surface area contributed by atoms with Crippen LogP contribution in [0.15, 0.2) is 103 Å². The first-order valence-electron chi connectivity index (χ1n) is 11.4. The van der Waals surface area contributed by atoms with Gasteiger partial charge in [0.25, 0.3) is 5.91 Å². The van der Waals surface area contributed by atoms with E-state index in [1.54, 1.807) is 12.1 Å². The summed E-state index contributed by atoms with van der Waals surface area (Å²) in [5, 5.41) is 4.41. The Kier molecular flexibility index (Phi) is 6.84. The molecule has 0 spiro atoms. The van der Waals surface area contributed by atoms with E-state index in [0.717, 1.165) is 28.0 Å². The molecule has 0 aliphatic heterocycles. The Balaban J connectivity index is 1.61. The number of amides is 1. The molecule has 4 aromatic carbocycles. The van der Waals surface area contributed by atoms with Crippen LogP contribution in [-0.4, -0.2) is 15.5 Å². The van der Waals surface area contributed by atoms with Crippen LogP contribution < -0.4 is 5.32 Å². The van der Waals surface area contributed by atoms with Crippen LogP contribution in [0.4, 0.5) is 0 Å². The summed E-state index contributed by atoms with van der Waals surface area (Å²) in [6, 6.07) is 32.4. The highest BCUT2D eigenvalue weighted by Crippen LogP contribution is 2.30. The van der Waals surface area contributed by atoms with Crippen molar-refractivity contribution in [3.8, 4) is 0 Å². The molecule has 1 N–H and O–H groups in total. The number of aromatic nitrogens is 2. The van der Waals surface area contributed by atoms with Crippen LogP contribution in [0.2, 0.25) is 10.0 Å². The highest BCUT2D eigenvalue weighted by Gasteiger charge is 2.24. The zero-order valence-electron chi connectivity index (χ0n) is 18.9. The minimum Gasteiger partial charge on any atom is -0.342 e. The molecule has 1 amide bonds. The summed E-state index contributed by atoms with van der Waals surface area (Å²) in [5.74, 6) is 0.594. The van der Waals surface area contributed by atoms with Crippen molar-refractivity contribution in [2.24, 2.45) is 0 Å². The first-order chi connectivity index (χ1) is 17.1. The van der Waals surface area contributed by atoms with Gasteiger partial charge < -0.3 is 9.88 Å². The van der Waals surface area contributed by atoms with Gasteiger partial charge in [-0.15, -0.1) is 0 Å². The molecular weight excluding hydrogens is 477 g/mol. The van der Waals surface area contributed by atoms with Crippen LogP contribution in [-0.2, 0) is 13.0 Å². The van der Waals surface area contributed by atoms with Gasteiger partial charge in [-0.3, -0.25) is 4.79 Å². The number of rotatable bonds is 7. The summed E-state index contributed by atoms with van der Waals surface area (Å²) in [4.78, 5) is 18.2. The van der Waals surface area contributed by atoms with Crippen LogP contribution in [0.5, 0.6) is 0 Å². The average Bonchev–Trinajstić information content (AvgIpc) is 3.25. The number of carbonyl (C=O) groups excluding carboxylic acids is 1. The molecule has 1 heterocycles. The number of benzene rings is 4. The zero-order chi connectivity index (χ0) is 24.2. The maximum Gasteiger partial charge on any atom is 0.251 e. The van der Waals surface area contributed by atoms with Crippen LogP contribution in [0, 0.1) is 0 Å². The quantitative estimate of drug-likeness (QED) is 0.259. The van der Waals surface area contributed by atoms with E-state index < -0.39 is 0 Å². The lowest BCUT2D eigenvalue weighted by Gasteiger charge is -2.21. The summed E-state index contributed by atoms with van der Waals surface area (Å²) < 4.78 is 2.10. The van der Waals surface area contributed by atoms with Crippen molar-refractivity contribution < 1.29 is 4.79 Å². The van der Waals surface area contributed by atoms with Crippen LogP contribution in [0.25, 0.3) is 11.0 Å². The molecule has 5 rings (SSSR count). The topological polar surface area (TPSA) is 46.9 Å². The predicted octanol–water partition coefficient (Wildman–Crippen LogP) is 7.11. The number of nitrogens with zero attached hydrogens (tertiary/aromatic N) is 2. The molecule has 0 saturated heterocycles. The summed E-state index contributed by atoms with van der Waals surface area (Å²) in [6.45, 7) is 0.431. The minimum absolute atomic E-state index is 0.152. The fourth-order valence-electron chi connectivity index (χ4n) is 4.26. The lowest BCUT2D eigenvalue weighted by atomic mass is 10.0. The molecular formula is C29H23Cl2N3O. The molecule has 0 radical (unpaired) electrons. The van der Waals surface area contributed by atoms with Gasteiger partial charge in [-0.2, -0.15) is 0 Å². The Bertz CT molecular complexity index is 1450. The molecule has 4 nitrogen and oxygen atoms in total. The van der Waals surface area contributed by atoms with E-state index >= 15 is 0 Å². The molecule has 1 atom stereocenters. The maximum absolute atomic E-state index is 13.2. The van der Waals surface area contributed by atoms with E-state index in [4.69, 9.17) is 28.2 Å². The fourth-order valence-corrected chi connectivity index (χ4v) is 4.77. The Labute approximate surface area is 214 Å². The molecule has 6 heteroatoms. The van der Waals surface area contributed by atoms with Crippen molar-refractivity contribution in [1.29, 1.82) is 0 Å². The van der Waals surface area contributed by atoms with E-state index in [0.29, 0.717) is 28.6 Å². The van der Waals surface area contributed by atoms with Gasteiger partial charge in [0.15, 0.2) is 0 Å². The number of para-hydroxylation sites is 2. The molecule has 0 saturated carbocycles. The third-order valence-corrected chi connectivity index (χ3v) is 6.71. The first-order valence-corrected chi connectivity index (χ1v) is 12.1. The summed E-state index contributed by atoms with van der Waals surface area (Å²) in [6.07, 6.45) is 0.582. The molecule has 0 aliphatic carbocycles. The fraction of sp³-hybridized carbons (Fsp3) is 0.103. The third-order valence-electron chi connectivity index (χ3n) is 6.00. The van der Waals surface area contributed by atoms with Gasteiger partial charge in [0, 0.05) is 21.2 Å². The van der Waals surface area contributed by atoms with Gasteiger partial charge in [-0.05, 0) is 48.4 Å². The van der Waals surface area contributed by atoms with E-state index in [9.17, 15) is 4.79 Å². The second-order valence-electron chi connectivity index (χ2n) is 8.33. The largest absolute Gasteiger partial charge is 0.342 e. The predicted molar refractivity (Wildman–Crippen MR) is 142 cm³/mol. The first kappa shape index (κ1) is 23.2. The molecule has 174 valence electrons. The number of carbonyl (C=O) groups is 1. The van der Waals surface area contributed by atoms with Crippen LogP contribution in [0.1, 0.15) is 33.4 Å². The van der Waals surface area contributed by atoms with Gasteiger partial charge >= 0.3 is 0 Å². The van der Waals surface area contributed by atoms with Crippen molar-refractivity contribution >= 4 is 40.1 Å². The second-order valence-corrected chi connectivity index (χ2v) is 9.14. The molecule has 0 aliphatic rings. The second kappa shape index (κ2) is 10.3. The van der Waals surface area contributed by atoms with E-state index in [-0.39, 0.29) is 11.9 Å². The average molecular weight is 500 g/mol. The van der Waals surface area contributed by atoms with Gasteiger partial charge in [0.05, 0.1) is 23.6 Å². The maximum atomic E-state index is 13.2. The summed E-state index contributed by atoms with van der Waals surface area (Å²) in [5.41, 5.74) is 4.30. The molecule has 1 aromatic heterocycles.